The van der Waals surface area contributed by atoms with E-state index in [1.54, 1.807) is 0 Å². The number of hydrogen-bond donors (Lipinski definition) is 0. The molecule has 0 saturated heterocycles. The topological polar surface area (TPSA) is 80.3 Å². The van der Waals surface area contributed by atoms with Crippen LogP contribution in [0.2, 0.25) is 0 Å². The maximum absolute atomic E-state index is 9.50. The van der Waals surface area contributed by atoms with Crippen molar-refractivity contribution in [2.45, 2.75) is 12.8 Å². The van der Waals surface area contributed by atoms with Gasteiger partial charge in [-0.15, -0.1) is 0 Å². The van der Waals surface area contributed by atoms with Gasteiger partial charge < -0.3 is 19.8 Å². The molecule has 0 atom stereocenters. The molecule has 0 rings (SSSR count). The van der Waals surface area contributed by atoms with Crippen molar-refractivity contribution in [1.82, 2.24) is 0 Å². The summed E-state index contributed by atoms with van der Waals surface area (Å²) in [6.07, 6.45) is -0.940. The third-order valence-corrected chi connectivity index (χ3v) is 0.533. The monoisotopic (exact) mass is 194 g/mol. The van der Waals surface area contributed by atoms with Crippen molar-refractivity contribution in [3.63, 3.8) is 0 Å². The molecule has 0 spiro atoms. The van der Waals surface area contributed by atoms with Crippen LogP contribution in [0.5, 0.6) is 0 Å². The summed E-state index contributed by atoms with van der Waals surface area (Å²) in [5, 5.41) is 19.0. The average Bonchev–Trinajstić information content (AvgIpc) is 1.61. The molecule has 0 bridgehead atoms. The molecule has 0 heterocycles. The fourth-order valence-electron chi connectivity index (χ4n) is 0.204. The quantitative estimate of drug-likeness (QED) is 0.418. The van der Waals surface area contributed by atoms with Crippen molar-refractivity contribution in [2.75, 3.05) is 0 Å². The molecule has 0 fully saturated rings. The molecule has 0 unspecified atom stereocenters. The van der Waals surface area contributed by atoms with Gasteiger partial charge in [-0.25, -0.2) is 0 Å². The number of carbonyl (C=O) groups is 2. The predicted molar refractivity (Wildman–Crippen MR) is 19.2 cm³/mol. The van der Waals surface area contributed by atoms with Gasteiger partial charge in [-0.3, -0.25) is 0 Å². The molecular weight excluding hydrogens is 190 g/mol. The summed E-state index contributed by atoms with van der Waals surface area (Å²) in [4.78, 5) is 19.0. The molecule has 46 valence electrons. The van der Waals surface area contributed by atoms with Crippen LogP contribution in [0.1, 0.15) is 12.8 Å². The third-order valence-electron chi connectivity index (χ3n) is 0.533. The number of carboxylic acids is 2. The summed E-state index contributed by atoms with van der Waals surface area (Å²) in [5.41, 5.74) is 0. The van der Waals surface area contributed by atoms with Crippen molar-refractivity contribution >= 4 is 11.9 Å². The molecular formula is C4H4K2O4. The predicted octanol–water partition coefficient (Wildman–Crippen LogP) is -8.73. The number of rotatable bonds is 3. The number of carbonyl (C=O) groups excluding carboxylic acids is 2. The van der Waals surface area contributed by atoms with Gasteiger partial charge in [-0.2, -0.15) is 0 Å². The molecule has 0 saturated carbocycles. The Kier molecular flexibility index (Phi) is 20.3. The SMILES string of the molecule is O=C([O-])CCC(=O)[O-].[K+].[K+]. The Labute approximate surface area is 144 Å². The van der Waals surface area contributed by atoms with E-state index in [2.05, 4.69) is 0 Å². The van der Waals surface area contributed by atoms with E-state index in [9.17, 15) is 19.8 Å². The maximum atomic E-state index is 9.50. The first kappa shape index (κ1) is 18.1. The van der Waals surface area contributed by atoms with Crippen molar-refractivity contribution in [3.05, 3.63) is 0 Å². The number of hydrogen-bond acceptors (Lipinski definition) is 4. The zero-order valence-corrected chi connectivity index (χ0v) is 12.3. The Morgan fingerprint density at radius 3 is 1.20 bits per heavy atom. The van der Waals surface area contributed by atoms with Crippen LogP contribution < -0.4 is 113 Å². The second-order valence-electron chi connectivity index (χ2n) is 1.24. The average molecular weight is 194 g/mol. The van der Waals surface area contributed by atoms with Gasteiger partial charge in [-0.05, 0) is 12.8 Å². The van der Waals surface area contributed by atoms with Gasteiger partial charge in [0.2, 0.25) is 0 Å². The van der Waals surface area contributed by atoms with E-state index in [1.807, 2.05) is 0 Å². The molecule has 0 radical (unpaired) electrons. The van der Waals surface area contributed by atoms with Gasteiger partial charge in [0.15, 0.2) is 0 Å². The largest absolute Gasteiger partial charge is 1.00 e. The second-order valence-corrected chi connectivity index (χ2v) is 1.24. The van der Waals surface area contributed by atoms with E-state index in [-0.39, 0.29) is 103 Å². The van der Waals surface area contributed by atoms with Crippen molar-refractivity contribution in [1.29, 1.82) is 0 Å². The van der Waals surface area contributed by atoms with E-state index < -0.39 is 24.8 Å². The Morgan fingerprint density at radius 2 is 1.10 bits per heavy atom. The molecule has 0 aromatic heterocycles. The van der Waals surface area contributed by atoms with Crippen molar-refractivity contribution < 1.29 is 123 Å². The summed E-state index contributed by atoms with van der Waals surface area (Å²) < 4.78 is 0. The van der Waals surface area contributed by atoms with Crippen LogP contribution in [0.25, 0.3) is 0 Å². The molecule has 6 heteroatoms. The maximum Gasteiger partial charge on any atom is 1.00 e. The van der Waals surface area contributed by atoms with E-state index in [1.165, 1.54) is 0 Å². The minimum Gasteiger partial charge on any atom is -0.550 e. The summed E-state index contributed by atoms with van der Waals surface area (Å²) >= 11 is 0. The molecule has 0 aliphatic heterocycles. The smallest absolute Gasteiger partial charge is 0.550 e. The van der Waals surface area contributed by atoms with Gasteiger partial charge in [0.1, 0.15) is 0 Å². The molecule has 0 aromatic rings. The van der Waals surface area contributed by atoms with Crippen LogP contribution >= 0.6 is 0 Å². The Morgan fingerprint density at radius 1 is 0.900 bits per heavy atom. The molecule has 0 aliphatic carbocycles. The normalized spacial score (nSPS) is 6.80. The van der Waals surface area contributed by atoms with E-state index >= 15 is 0 Å². The Balaban J connectivity index is -0.000000245. The Hall–Kier alpha value is 2.21. The summed E-state index contributed by atoms with van der Waals surface area (Å²) in [5.74, 6) is -2.73. The van der Waals surface area contributed by atoms with E-state index in [0.29, 0.717) is 0 Å². The van der Waals surface area contributed by atoms with Crippen LogP contribution in [-0.2, 0) is 9.59 Å². The van der Waals surface area contributed by atoms with Gasteiger partial charge in [0, 0.05) is 11.9 Å². The van der Waals surface area contributed by atoms with Gasteiger partial charge in [0.05, 0.1) is 0 Å². The zero-order valence-electron chi connectivity index (χ0n) is 6.05. The first-order valence-corrected chi connectivity index (χ1v) is 2.02. The van der Waals surface area contributed by atoms with Gasteiger partial charge in [-0.1, -0.05) is 0 Å². The van der Waals surface area contributed by atoms with Gasteiger partial charge >= 0.3 is 103 Å². The summed E-state index contributed by atoms with van der Waals surface area (Å²) in [6, 6.07) is 0. The minimum atomic E-state index is -1.37. The van der Waals surface area contributed by atoms with Crippen LogP contribution in [0, 0.1) is 0 Å². The molecule has 0 aliphatic rings. The van der Waals surface area contributed by atoms with Crippen molar-refractivity contribution in [2.24, 2.45) is 0 Å². The zero-order chi connectivity index (χ0) is 6.57. The first-order valence-electron chi connectivity index (χ1n) is 2.02. The van der Waals surface area contributed by atoms with E-state index in [0.717, 1.165) is 0 Å². The van der Waals surface area contributed by atoms with Crippen LogP contribution in [0.4, 0.5) is 0 Å². The van der Waals surface area contributed by atoms with Crippen molar-refractivity contribution in [3.8, 4) is 0 Å². The second kappa shape index (κ2) is 11.2. The van der Waals surface area contributed by atoms with Crippen LogP contribution in [0.15, 0.2) is 0 Å². The molecule has 0 N–H and O–H groups in total. The van der Waals surface area contributed by atoms with Crippen LogP contribution in [-0.4, -0.2) is 11.9 Å². The van der Waals surface area contributed by atoms with Gasteiger partial charge in [0.25, 0.3) is 0 Å². The molecule has 0 amide bonds. The summed E-state index contributed by atoms with van der Waals surface area (Å²) in [6.45, 7) is 0. The molecule has 0 aromatic carbocycles. The fourth-order valence-corrected chi connectivity index (χ4v) is 0.204. The fraction of sp³-hybridized carbons (Fsp3) is 0.500. The first-order chi connectivity index (χ1) is 3.63. The summed E-state index contributed by atoms with van der Waals surface area (Å²) in [7, 11) is 0. The molecule has 4 nitrogen and oxygen atoms in total. The minimum absolute atomic E-state index is 0. The number of carboxylic acid groups (broad SMARTS) is 2. The van der Waals surface area contributed by atoms with Crippen LogP contribution in [0.3, 0.4) is 0 Å². The standard InChI is InChI=1S/C4H6O4.2K/c5-3(6)1-2-4(7)8;;/h1-2H2,(H,5,6)(H,7,8);;/q;2*+1/p-2. The molecule has 10 heavy (non-hydrogen) atoms. The third kappa shape index (κ3) is 16.7. The van der Waals surface area contributed by atoms with E-state index in [4.69, 9.17) is 0 Å². The Bertz CT molecular complexity index is 99.8. The number of aliphatic carboxylic acids is 2.